The Bertz CT molecular complexity index is 1720. The zero-order valence-electron chi connectivity index (χ0n) is 24.9. The average Bonchev–Trinajstić information content (AvgIpc) is 3.08. The Morgan fingerprint density at radius 1 is 0.636 bits per heavy atom. The Morgan fingerprint density at radius 3 is 1.34 bits per heavy atom. The molecule has 0 atom stereocenters. The Balaban J connectivity index is 1.47. The smallest absolute Gasteiger partial charge is 0.346 e. The van der Waals surface area contributed by atoms with Gasteiger partial charge in [0.15, 0.2) is 0 Å². The van der Waals surface area contributed by atoms with Crippen LogP contribution in [0, 0.1) is 11.3 Å². The molecule has 0 radical (unpaired) electrons. The van der Waals surface area contributed by atoms with E-state index in [1.807, 2.05) is 24.3 Å². The molecule has 5 aromatic rings. The van der Waals surface area contributed by atoms with Crippen molar-refractivity contribution in [2.75, 3.05) is 4.90 Å². The number of carboxylic acids is 1. The molecule has 216 valence electrons. The minimum absolute atomic E-state index is 0.307. The van der Waals surface area contributed by atoms with Gasteiger partial charge in [0.2, 0.25) is 0 Å². The third kappa shape index (κ3) is 7.03. The van der Waals surface area contributed by atoms with Crippen LogP contribution in [0.25, 0.3) is 28.3 Å². The Morgan fingerprint density at radius 2 is 1.00 bits per heavy atom. The molecule has 0 aliphatic heterocycles. The number of benzene rings is 5. The van der Waals surface area contributed by atoms with Gasteiger partial charge in [0.1, 0.15) is 11.6 Å². The topological polar surface area (TPSA) is 64.3 Å². The van der Waals surface area contributed by atoms with Crippen LogP contribution in [0.15, 0.2) is 139 Å². The maximum absolute atomic E-state index is 11.1. The number of nitriles is 1. The molecule has 0 unspecified atom stereocenters. The van der Waals surface area contributed by atoms with Crippen LogP contribution in [0.2, 0.25) is 0 Å². The standard InChI is InChI=1S/C40H34N2O2/c1-3-29-8-14-32(15-9-29)34-18-24-38(25-19-34)42(37-22-12-31(13-23-37)6-5-7-36(28-41)40(43)44)39-26-20-35(21-27-39)33-16-10-30(4-2)11-17-33/h5-27H,3-4H2,1-2H3,(H,43,44)/b6-5+,36-7+. The van der Waals surface area contributed by atoms with Crippen LogP contribution in [-0.2, 0) is 17.6 Å². The molecule has 0 aliphatic carbocycles. The van der Waals surface area contributed by atoms with E-state index < -0.39 is 5.97 Å². The zero-order chi connectivity index (χ0) is 30.9. The van der Waals surface area contributed by atoms with E-state index in [2.05, 4.69) is 116 Å². The van der Waals surface area contributed by atoms with E-state index in [1.54, 1.807) is 18.2 Å². The second kappa shape index (κ2) is 14.0. The van der Waals surface area contributed by atoms with Crippen LogP contribution in [0.3, 0.4) is 0 Å². The van der Waals surface area contributed by atoms with E-state index in [4.69, 9.17) is 10.4 Å². The number of aliphatic carboxylic acids is 1. The van der Waals surface area contributed by atoms with Crippen molar-refractivity contribution in [2.45, 2.75) is 26.7 Å². The number of hydrogen-bond acceptors (Lipinski definition) is 3. The van der Waals surface area contributed by atoms with Crippen LogP contribution >= 0.6 is 0 Å². The van der Waals surface area contributed by atoms with Gasteiger partial charge >= 0.3 is 5.97 Å². The van der Waals surface area contributed by atoms with Gasteiger partial charge in [0.25, 0.3) is 0 Å². The lowest BCUT2D eigenvalue weighted by Gasteiger charge is -2.26. The summed E-state index contributed by atoms with van der Waals surface area (Å²) in [6, 6.07) is 44.4. The molecule has 0 fully saturated rings. The lowest BCUT2D eigenvalue weighted by atomic mass is 10.0. The molecule has 0 bridgehead atoms. The first-order chi connectivity index (χ1) is 21.5. The predicted octanol–water partition coefficient (Wildman–Crippen LogP) is 10.2. The van der Waals surface area contributed by atoms with Crippen LogP contribution in [-0.4, -0.2) is 11.1 Å². The van der Waals surface area contributed by atoms with Gasteiger partial charge in [-0.1, -0.05) is 111 Å². The molecule has 1 N–H and O–H groups in total. The molecule has 0 heterocycles. The maximum atomic E-state index is 11.1. The minimum atomic E-state index is -1.24. The molecule has 0 saturated heterocycles. The Hall–Kier alpha value is -5.66. The number of hydrogen-bond donors (Lipinski definition) is 1. The summed E-state index contributed by atoms with van der Waals surface area (Å²) in [5.74, 6) is -1.24. The highest BCUT2D eigenvalue weighted by Crippen LogP contribution is 2.37. The second-order valence-corrected chi connectivity index (χ2v) is 10.5. The summed E-state index contributed by atoms with van der Waals surface area (Å²) in [7, 11) is 0. The fourth-order valence-electron chi connectivity index (χ4n) is 5.07. The number of nitrogens with zero attached hydrogens (tertiary/aromatic N) is 2. The van der Waals surface area contributed by atoms with Gasteiger partial charge in [-0.3, -0.25) is 0 Å². The molecular weight excluding hydrogens is 540 g/mol. The van der Waals surface area contributed by atoms with Gasteiger partial charge in [-0.15, -0.1) is 0 Å². The fourth-order valence-corrected chi connectivity index (χ4v) is 5.07. The average molecular weight is 575 g/mol. The van der Waals surface area contributed by atoms with E-state index >= 15 is 0 Å². The third-order valence-corrected chi connectivity index (χ3v) is 7.70. The summed E-state index contributed by atoms with van der Waals surface area (Å²) in [4.78, 5) is 13.3. The number of aryl methyl sites for hydroxylation is 2. The molecule has 0 aromatic heterocycles. The molecule has 0 aliphatic rings. The number of allylic oxidation sites excluding steroid dienone is 2. The van der Waals surface area contributed by atoms with Gasteiger partial charge in [-0.05, 0) is 94.3 Å². The van der Waals surface area contributed by atoms with Crippen molar-refractivity contribution >= 4 is 29.1 Å². The largest absolute Gasteiger partial charge is 0.477 e. The third-order valence-electron chi connectivity index (χ3n) is 7.70. The molecule has 5 rings (SSSR count). The van der Waals surface area contributed by atoms with Crippen molar-refractivity contribution in [3.05, 3.63) is 156 Å². The molecule has 4 heteroatoms. The summed E-state index contributed by atoms with van der Waals surface area (Å²) in [6.07, 6.45) is 6.71. The highest BCUT2D eigenvalue weighted by atomic mass is 16.4. The summed E-state index contributed by atoms with van der Waals surface area (Å²) in [5.41, 5.74) is 11.0. The minimum Gasteiger partial charge on any atom is -0.477 e. The SMILES string of the molecule is CCc1ccc(-c2ccc(N(c3ccc(/C=C/C=C(\C#N)C(=O)O)cc3)c3ccc(-c4ccc(CC)cc4)cc3)cc2)cc1. The molecule has 4 nitrogen and oxygen atoms in total. The monoisotopic (exact) mass is 574 g/mol. The zero-order valence-corrected chi connectivity index (χ0v) is 24.9. The molecule has 0 amide bonds. The highest BCUT2D eigenvalue weighted by Gasteiger charge is 2.13. The molecule has 5 aromatic carbocycles. The first kappa shape index (κ1) is 29.8. The van der Waals surface area contributed by atoms with E-state index in [-0.39, 0.29) is 5.57 Å². The normalized spacial score (nSPS) is 11.3. The lowest BCUT2D eigenvalue weighted by Crippen LogP contribution is -2.09. The van der Waals surface area contributed by atoms with Crippen molar-refractivity contribution in [3.8, 4) is 28.3 Å². The van der Waals surface area contributed by atoms with E-state index in [0.29, 0.717) is 0 Å². The van der Waals surface area contributed by atoms with E-state index in [1.165, 1.54) is 28.3 Å². The van der Waals surface area contributed by atoms with Crippen molar-refractivity contribution in [2.24, 2.45) is 0 Å². The lowest BCUT2D eigenvalue weighted by molar-refractivity contribution is -0.132. The van der Waals surface area contributed by atoms with Gasteiger partial charge in [0.05, 0.1) is 0 Å². The first-order valence-electron chi connectivity index (χ1n) is 14.8. The number of carbonyl (C=O) groups is 1. The summed E-state index contributed by atoms with van der Waals surface area (Å²) >= 11 is 0. The van der Waals surface area contributed by atoms with Crippen molar-refractivity contribution in [1.82, 2.24) is 0 Å². The van der Waals surface area contributed by atoms with E-state index in [0.717, 1.165) is 46.6 Å². The summed E-state index contributed by atoms with van der Waals surface area (Å²) in [6.45, 7) is 4.33. The van der Waals surface area contributed by atoms with Crippen LogP contribution in [0.1, 0.15) is 30.5 Å². The highest BCUT2D eigenvalue weighted by molar-refractivity contribution is 5.91. The predicted molar refractivity (Wildman–Crippen MR) is 181 cm³/mol. The number of rotatable bonds is 10. The molecule has 0 saturated carbocycles. The van der Waals surface area contributed by atoms with Gasteiger partial charge in [-0.25, -0.2) is 4.79 Å². The van der Waals surface area contributed by atoms with Crippen LogP contribution in [0.5, 0.6) is 0 Å². The first-order valence-corrected chi connectivity index (χ1v) is 14.8. The fraction of sp³-hybridized carbons (Fsp3) is 0.100. The quantitative estimate of drug-likeness (QED) is 0.102. The molecular formula is C40H34N2O2. The molecule has 44 heavy (non-hydrogen) atoms. The van der Waals surface area contributed by atoms with Gasteiger partial charge < -0.3 is 10.0 Å². The van der Waals surface area contributed by atoms with E-state index in [9.17, 15) is 4.79 Å². The Labute approximate surface area is 259 Å². The van der Waals surface area contributed by atoms with Crippen LogP contribution < -0.4 is 4.90 Å². The van der Waals surface area contributed by atoms with Gasteiger partial charge in [0, 0.05) is 17.1 Å². The van der Waals surface area contributed by atoms with Crippen molar-refractivity contribution < 1.29 is 9.90 Å². The van der Waals surface area contributed by atoms with Gasteiger partial charge in [-0.2, -0.15) is 5.26 Å². The number of anilines is 3. The maximum Gasteiger partial charge on any atom is 0.346 e. The Kier molecular flexibility index (Phi) is 9.49. The summed E-state index contributed by atoms with van der Waals surface area (Å²) < 4.78 is 0. The van der Waals surface area contributed by atoms with Crippen molar-refractivity contribution in [1.29, 1.82) is 5.26 Å². The summed E-state index contributed by atoms with van der Waals surface area (Å²) in [5, 5.41) is 18.0. The second-order valence-electron chi connectivity index (χ2n) is 10.5. The van der Waals surface area contributed by atoms with Crippen molar-refractivity contribution in [3.63, 3.8) is 0 Å². The van der Waals surface area contributed by atoms with Crippen LogP contribution in [0.4, 0.5) is 17.1 Å². The number of carboxylic acid groups (broad SMARTS) is 1. The molecule has 0 spiro atoms.